The third-order valence-electron chi connectivity index (χ3n) is 5.44. The number of aryl methyl sites for hydroxylation is 1. The highest BCUT2D eigenvalue weighted by Gasteiger charge is 2.38. The Morgan fingerprint density at radius 2 is 1.96 bits per heavy atom. The van der Waals surface area contributed by atoms with Gasteiger partial charge in [0.25, 0.3) is 5.56 Å². The molecule has 7 nitrogen and oxygen atoms in total. The third kappa shape index (κ3) is 4.47. The molecular formula is C18H27BrN4O3. The normalized spacial score (nSPS) is 20.5. The Bertz CT molecular complexity index is 668. The van der Waals surface area contributed by atoms with E-state index in [0.717, 1.165) is 39.1 Å². The maximum atomic E-state index is 12.4. The van der Waals surface area contributed by atoms with Gasteiger partial charge in [-0.25, -0.2) is 4.79 Å². The van der Waals surface area contributed by atoms with E-state index in [4.69, 9.17) is 4.74 Å². The molecule has 1 aliphatic heterocycles. The van der Waals surface area contributed by atoms with Gasteiger partial charge in [-0.1, -0.05) is 19.3 Å². The van der Waals surface area contributed by atoms with Gasteiger partial charge in [0.2, 0.25) is 0 Å². The second-order valence-corrected chi connectivity index (χ2v) is 8.04. The van der Waals surface area contributed by atoms with Crippen molar-refractivity contribution >= 4 is 27.6 Å². The highest BCUT2D eigenvalue weighted by molar-refractivity contribution is 9.10. The number of amides is 2. The number of urea groups is 1. The molecule has 0 unspecified atom stereocenters. The van der Waals surface area contributed by atoms with Crippen LogP contribution >= 0.6 is 15.9 Å². The molecule has 1 aromatic rings. The lowest BCUT2D eigenvalue weighted by atomic mass is 9.80. The van der Waals surface area contributed by atoms with Crippen molar-refractivity contribution in [2.75, 3.05) is 38.2 Å². The number of nitrogens with zero attached hydrogens (tertiary/aromatic N) is 2. The van der Waals surface area contributed by atoms with Crippen molar-refractivity contribution in [2.45, 2.75) is 37.6 Å². The van der Waals surface area contributed by atoms with Crippen LogP contribution in [0.3, 0.4) is 0 Å². The lowest BCUT2D eigenvalue weighted by molar-refractivity contribution is -0.0356. The maximum Gasteiger partial charge on any atom is 0.319 e. The molecule has 2 N–H and O–H groups in total. The minimum Gasteiger partial charge on any atom is -0.379 e. The molecule has 0 atom stereocenters. The number of anilines is 1. The zero-order valence-corrected chi connectivity index (χ0v) is 16.8. The van der Waals surface area contributed by atoms with Gasteiger partial charge in [0.1, 0.15) is 0 Å². The van der Waals surface area contributed by atoms with Gasteiger partial charge < -0.3 is 19.9 Å². The van der Waals surface area contributed by atoms with Crippen molar-refractivity contribution in [3.8, 4) is 0 Å². The minimum atomic E-state index is -0.242. The third-order valence-corrected chi connectivity index (χ3v) is 6.01. The quantitative estimate of drug-likeness (QED) is 0.774. The van der Waals surface area contributed by atoms with Crippen LogP contribution in [-0.2, 0) is 11.8 Å². The summed E-state index contributed by atoms with van der Waals surface area (Å²) in [7, 11) is 1.66. The molecule has 2 heterocycles. The monoisotopic (exact) mass is 426 g/mol. The molecule has 8 heteroatoms. The van der Waals surface area contributed by atoms with Gasteiger partial charge in [-0.3, -0.25) is 9.69 Å². The van der Waals surface area contributed by atoms with Crippen LogP contribution in [0.25, 0.3) is 0 Å². The standard InChI is InChI=1S/C18H27BrN4O3/c1-22-12-14(11-15(19)16(22)24)21-17(25)20-13-18(5-3-2-4-6-18)23-7-9-26-10-8-23/h11-12H,2-10,13H2,1H3,(H2,20,21,25). The Balaban J connectivity index is 1.63. The van der Waals surface area contributed by atoms with Gasteiger partial charge in [0.05, 0.1) is 23.4 Å². The summed E-state index contributed by atoms with van der Waals surface area (Å²) in [5.41, 5.74) is 0.480. The summed E-state index contributed by atoms with van der Waals surface area (Å²) >= 11 is 3.23. The number of nitrogens with one attached hydrogen (secondary N) is 2. The minimum absolute atomic E-state index is 0.0312. The predicted molar refractivity (Wildman–Crippen MR) is 105 cm³/mol. The molecule has 2 aliphatic rings. The number of aromatic nitrogens is 1. The second-order valence-electron chi connectivity index (χ2n) is 7.18. The smallest absolute Gasteiger partial charge is 0.319 e. The Kier molecular flexibility index (Phi) is 6.37. The van der Waals surface area contributed by atoms with E-state index >= 15 is 0 Å². The molecule has 0 spiro atoms. The topological polar surface area (TPSA) is 75.6 Å². The fraction of sp³-hybridized carbons (Fsp3) is 0.667. The molecular weight excluding hydrogens is 400 g/mol. The van der Waals surface area contributed by atoms with E-state index in [-0.39, 0.29) is 17.1 Å². The Hall–Kier alpha value is -1.38. The molecule has 2 amide bonds. The highest BCUT2D eigenvalue weighted by atomic mass is 79.9. The van der Waals surface area contributed by atoms with E-state index in [1.165, 1.54) is 23.8 Å². The summed E-state index contributed by atoms with van der Waals surface area (Å²) in [5.74, 6) is 0. The molecule has 1 aromatic heterocycles. The number of rotatable bonds is 4. The van der Waals surface area contributed by atoms with Crippen molar-refractivity contribution in [1.29, 1.82) is 0 Å². The molecule has 1 aliphatic carbocycles. The van der Waals surface area contributed by atoms with Crippen LogP contribution in [0.1, 0.15) is 32.1 Å². The van der Waals surface area contributed by atoms with Crippen LogP contribution in [0.4, 0.5) is 10.5 Å². The fourth-order valence-corrected chi connectivity index (χ4v) is 4.54. The summed E-state index contributed by atoms with van der Waals surface area (Å²) in [6.45, 7) is 4.01. The van der Waals surface area contributed by atoms with Crippen LogP contribution < -0.4 is 16.2 Å². The Morgan fingerprint density at radius 3 is 2.62 bits per heavy atom. The average molecular weight is 427 g/mol. The first-order valence-corrected chi connectivity index (χ1v) is 10.0. The SMILES string of the molecule is Cn1cc(NC(=O)NCC2(N3CCOCC3)CCCCC2)cc(Br)c1=O. The number of morpholine rings is 1. The van der Waals surface area contributed by atoms with Crippen LogP contribution in [0.5, 0.6) is 0 Å². The molecule has 0 radical (unpaired) electrons. The number of carbonyl (C=O) groups excluding carboxylic acids is 1. The fourth-order valence-electron chi connectivity index (χ4n) is 4.01. The van der Waals surface area contributed by atoms with E-state index in [1.807, 2.05) is 0 Å². The number of carbonyl (C=O) groups is 1. The summed E-state index contributed by atoms with van der Waals surface area (Å²) < 4.78 is 7.36. The molecule has 2 fully saturated rings. The summed E-state index contributed by atoms with van der Waals surface area (Å²) in [4.78, 5) is 26.6. The maximum absolute atomic E-state index is 12.4. The predicted octanol–water partition coefficient (Wildman–Crippen LogP) is 2.30. The van der Waals surface area contributed by atoms with E-state index in [9.17, 15) is 9.59 Å². The zero-order chi connectivity index (χ0) is 18.6. The molecule has 0 aromatic carbocycles. The van der Waals surface area contributed by atoms with Crippen molar-refractivity contribution in [3.63, 3.8) is 0 Å². The molecule has 26 heavy (non-hydrogen) atoms. The highest BCUT2D eigenvalue weighted by Crippen LogP contribution is 2.33. The second kappa shape index (κ2) is 8.54. The number of hydrogen-bond acceptors (Lipinski definition) is 4. The van der Waals surface area contributed by atoms with Crippen LogP contribution in [0, 0.1) is 0 Å². The lowest BCUT2D eigenvalue weighted by Crippen LogP contribution is -2.60. The van der Waals surface area contributed by atoms with Crippen molar-refractivity contribution < 1.29 is 9.53 Å². The zero-order valence-electron chi connectivity index (χ0n) is 15.2. The average Bonchev–Trinajstić information content (AvgIpc) is 2.66. The van der Waals surface area contributed by atoms with Crippen LogP contribution in [0.15, 0.2) is 21.5 Å². The van der Waals surface area contributed by atoms with E-state index in [0.29, 0.717) is 16.7 Å². The van der Waals surface area contributed by atoms with Gasteiger partial charge in [0.15, 0.2) is 0 Å². The number of ether oxygens (including phenoxy) is 1. The van der Waals surface area contributed by atoms with Gasteiger partial charge >= 0.3 is 6.03 Å². The summed E-state index contributed by atoms with van der Waals surface area (Å²) in [6.07, 6.45) is 7.51. The summed E-state index contributed by atoms with van der Waals surface area (Å²) in [5, 5.41) is 5.88. The van der Waals surface area contributed by atoms with Gasteiger partial charge in [-0.15, -0.1) is 0 Å². The Labute approximate surface area is 162 Å². The lowest BCUT2D eigenvalue weighted by Gasteiger charge is -2.48. The van der Waals surface area contributed by atoms with E-state index in [2.05, 4.69) is 31.5 Å². The van der Waals surface area contributed by atoms with Gasteiger partial charge in [0, 0.05) is 38.4 Å². The number of pyridine rings is 1. The Morgan fingerprint density at radius 1 is 1.27 bits per heavy atom. The first kappa shape index (κ1) is 19.4. The molecule has 3 rings (SSSR count). The van der Waals surface area contributed by atoms with Crippen LogP contribution in [0.2, 0.25) is 0 Å². The van der Waals surface area contributed by atoms with Crippen molar-refractivity contribution in [2.24, 2.45) is 7.05 Å². The van der Waals surface area contributed by atoms with E-state index < -0.39 is 0 Å². The summed E-state index contributed by atoms with van der Waals surface area (Å²) in [6, 6.07) is 1.38. The van der Waals surface area contributed by atoms with Crippen molar-refractivity contribution in [1.82, 2.24) is 14.8 Å². The van der Waals surface area contributed by atoms with Gasteiger partial charge in [-0.05, 0) is 34.8 Å². The molecule has 0 bridgehead atoms. The van der Waals surface area contributed by atoms with Gasteiger partial charge in [-0.2, -0.15) is 0 Å². The van der Waals surface area contributed by atoms with Crippen LogP contribution in [-0.4, -0.2) is 53.9 Å². The number of hydrogen-bond donors (Lipinski definition) is 2. The molecule has 144 valence electrons. The number of halogens is 1. The molecule has 1 saturated carbocycles. The first-order valence-electron chi connectivity index (χ1n) is 9.24. The van der Waals surface area contributed by atoms with E-state index in [1.54, 1.807) is 19.3 Å². The largest absolute Gasteiger partial charge is 0.379 e. The first-order chi connectivity index (χ1) is 12.5. The van der Waals surface area contributed by atoms with Crippen molar-refractivity contribution in [3.05, 3.63) is 27.1 Å². The molecule has 1 saturated heterocycles.